The third-order valence-corrected chi connectivity index (χ3v) is 7.04. The van der Waals surface area contributed by atoms with Gasteiger partial charge < -0.3 is 20.1 Å². The zero-order chi connectivity index (χ0) is 17.0. The molecule has 1 aliphatic heterocycles. The molecule has 0 amide bonds. The van der Waals surface area contributed by atoms with Gasteiger partial charge in [0.2, 0.25) is 0 Å². The van der Waals surface area contributed by atoms with E-state index in [1.165, 1.54) is 19.1 Å². The van der Waals surface area contributed by atoms with Gasteiger partial charge in [0.1, 0.15) is 22.9 Å². The number of benzene rings is 1. The summed E-state index contributed by atoms with van der Waals surface area (Å²) < 4.78 is 6.10. The molecule has 6 atom stereocenters. The first-order chi connectivity index (χ1) is 11.4. The first-order valence-electron chi connectivity index (χ1n) is 8.30. The van der Waals surface area contributed by atoms with Crippen molar-refractivity contribution in [3.8, 4) is 11.5 Å². The van der Waals surface area contributed by atoms with Crippen LogP contribution in [0.4, 0.5) is 0 Å². The van der Waals surface area contributed by atoms with E-state index in [0.717, 1.165) is 0 Å². The van der Waals surface area contributed by atoms with E-state index in [1.807, 2.05) is 0 Å². The third kappa shape index (κ3) is 1.17. The number of hydrogen-bond acceptors (Lipinski definition) is 6. The maximum Gasteiger partial charge on any atom is 0.174 e. The number of carbonyl (C=O) groups excluding carboxylic acids is 2. The molecule has 1 heterocycles. The molecule has 5 aliphatic rings. The van der Waals surface area contributed by atoms with Gasteiger partial charge in [-0.15, -0.1) is 0 Å². The lowest BCUT2D eigenvalue weighted by atomic mass is 9.44. The SMILES string of the molecule is CC(=O)C12CCC3C(COC34c3c(O)ccc(O)c3C(=O)C14)C2O. The minimum Gasteiger partial charge on any atom is -0.508 e. The zero-order valence-corrected chi connectivity index (χ0v) is 13.2. The second kappa shape index (κ2) is 4.00. The molecule has 0 radical (unpaired) electrons. The molecule has 1 aromatic carbocycles. The summed E-state index contributed by atoms with van der Waals surface area (Å²) in [7, 11) is 0. The average Bonchev–Trinajstić information content (AvgIpc) is 3.03. The number of aromatic hydroxyl groups is 2. The molecule has 3 saturated carbocycles. The minimum absolute atomic E-state index is 0.0484. The first kappa shape index (κ1) is 14.4. The Morgan fingerprint density at radius 2 is 2.00 bits per heavy atom. The molecule has 126 valence electrons. The second-order valence-corrected chi connectivity index (χ2v) is 7.61. The fourth-order valence-electron chi connectivity index (χ4n) is 6.22. The second-order valence-electron chi connectivity index (χ2n) is 7.61. The van der Waals surface area contributed by atoms with Crippen LogP contribution in [-0.4, -0.2) is 39.6 Å². The molecule has 6 nitrogen and oxygen atoms in total. The molecule has 6 unspecified atom stereocenters. The molecule has 4 aliphatic carbocycles. The van der Waals surface area contributed by atoms with Crippen LogP contribution in [0.15, 0.2) is 12.1 Å². The number of phenols is 2. The molecule has 6 heteroatoms. The fourth-order valence-corrected chi connectivity index (χ4v) is 6.22. The van der Waals surface area contributed by atoms with Crippen molar-refractivity contribution in [2.45, 2.75) is 31.5 Å². The van der Waals surface area contributed by atoms with Gasteiger partial charge in [-0.05, 0) is 31.9 Å². The highest BCUT2D eigenvalue weighted by Crippen LogP contribution is 2.73. The van der Waals surface area contributed by atoms with Crippen LogP contribution in [0.5, 0.6) is 11.5 Å². The van der Waals surface area contributed by atoms with Gasteiger partial charge in [-0.2, -0.15) is 0 Å². The number of ether oxygens (including phenoxy) is 1. The van der Waals surface area contributed by atoms with Crippen LogP contribution >= 0.6 is 0 Å². The summed E-state index contributed by atoms with van der Waals surface area (Å²) >= 11 is 0. The van der Waals surface area contributed by atoms with E-state index in [1.54, 1.807) is 0 Å². The van der Waals surface area contributed by atoms with Crippen LogP contribution in [-0.2, 0) is 15.1 Å². The molecule has 6 rings (SSSR count). The highest BCUT2D eigenvalue weighted by Gasteiger charge is 2.79. The van der Waals surface area contributed by atoms with Crippen LogP contribution in [0.3, 0.4) is 0 Å². The van der Waals surface area contributed by atoms with E-state index in [9.17, 15) is 24.9 Å². The summed E-state index contributed by atoms with van der Waals surface area (Å²) in [6, 6.07) is 2.64. The lowest BCUT2D eigenvalue weighted by Gasteiger charge is -2.58. The number of Topliss-reactive ketones (excluding diaryl/α,β-unsaturated/α-hetero) is 2. The predicted molar refractivity (Wildman–Crippen MR) is 80.6 cm³/mol. The van der Waals surface area contributed by atoms with Crippen molar-refractivity contribution < 1.29 is 29.6 Å². The van der Waals surface area contributed by atoms with Crippen LogP contribution in [0.1, 0.15) is 35.7 Å². The van der Waals surface area contributed by atoms with Gasteiger partial charge in [0, 0.05) is 17.4 Å². The Bertz CT molecular complexity index is 816. The molecule has 0 aromatic heterocycles. The normalized spacial score (nSPS) is 44.5. The molecule has 24 heavy (non-hydrogen) atoms. The molecule has 1 spiro atoms. The number of fused-ring (bicyclic) bond motifs is 2. The quantitative estimate of drug-likeness (QED) is 0.667. The first-order valence-corrected chi connectivity index (χ1v) is 8.30. The van der Waals surface area contributed by atoms with Crippen molar-refractivity contribution in [3.63, 3.8) is 0 Å². The van der Waals surface area contributed by atoms with Crippen molar-refractivity contribution in [3.05, 3.63) is 23.3 Å². The standard InChI is InChI=1S/C18H18O6/c1-7(19)17-5-4-9-8(16(17)23)6-24-18(9)13-11(21)3-2-10(20)12(13)14(22)15(17)18/h2-3,8-9,15-16,20-21,23H,4-6H2,1H3. The van der Waals surface area contributed by atoms with Crippen molar-refractivity contribution in [2.75, 3.05) is 6.61 Å². The summed E-state index contributed by atoms with van der Waals surface area (Å²) in [5, 5.41) is 31.6. The van der Waals surface area contributed by atoms with E-state index in [-0.39, 0.29) is 41.3 Å². The van der Waals surface area contributed by atoms with Crippen molar-refractivity contribution in [1.29, 1.82) is 0 Å². The molecule has 4 fully saturated rings. The van der Waals surface area contributed by atoms with Crippen molar-refractivity contribution in [1.82, 2.24) is 0 Å². The number of aliphatic hydroxyl groups excluding tert-OH is 1. The number of carbonyl (C=O) groups is 2. The Hall–Kier alpha value is -1.92. The van der Waals surface area contributed by atoms with Crippen molar-refractivity contribution in [2.24, 2.45) is 23.2 Å². The van der Waals surface area contributed by atoms with E-state index in [0.29, 0.717) is 18.4 Å². The minimum atomic E-state index is -1.20. The summed E-state index contributed by atoms with van der Waals surface area (Å²) in [6.07, 6.45) is 0.151. The molecule has 3 N–H and O–H groups in total. The van der Waals surface area contributed by atoms with Gasteiger partial charge in [-0.1, -0.05) is 0 Å². The number of aliphatic hydroxyl groups is 1. The molecular formula is C18H18O6. The average molecular weight is 330 g/mol. The number of rotatable bonds is 1. The summed E-state index contributed by atoms with van der Waals surface area (Å²) in [4.78, 5) is 25.8. The highest BCUT2D eigenvalue weighted by molar-refractivity contribution is 6.10. The topological polar surface area (TPSA) is 104 Å². The Labute approximate surface area is 138 Å². The van der Waals surface area contributed by atoms with Crippen LogP contribution in [0.25, 0.3) is 0 Å². The van der Waals surface area contributed by atoms with E-state index in [4.69, 9.17) is 4.74 Å². The lowest BCUT2D eigenvalue weighted by molar-refractivity contribution is -0.196. The Morgan fingerprint density at radius 3 is 2.71 bits per heavy atom. The van der Waals surface area contributed by atoms with Gasteiger partial charge in [-0.3, -0.25) is 9.59 Å². The fraction of sp³-hybridized carbons (Fsp3) is 0.556. The Kier molecular flexibility index (Phi) is 2.41. The van der Waals surface area contributed by atoms with Gasteiger partial charge in [0.25, 0.3) is 0 Å². The van der Waals surface area contributed by atoms with E-state index in [2.05, 4.69) is 0 Å². The predicted octanol–water partition coefficient (Wildman–Crippen LogP) is 1.11. The van der Waals surface area contributed by atoms with Gasteiger partial charge >= 0.3 is 0 Å². The smallest absolute Gasteiger partial charge is 0.174 e. The third-order valence-electron chi connectivity index (χ3n) is 7.04. The van der Waals surface area contributed by atoms with Crippen molar-refractivity contribution >= 4 is 11.6 Å². The summed E-state index contributed by atoms with van der Waals surface area (Å²) in [5.74, 6) is -2.20. The molecular weight excluding hydrogens is 312 g/mol. The monoisotopic (exact) mass is 330 g/mol. The maximum atomic E-state index is 13.2. The lowest BCUT2D eigenvalue weighted by Crippen LogP contribution is -2.67. The number of hydrogen-bond donors (Lipinski definition) is 3. The Balaban J connectivity index is 1.89. The van der Waals surface area contributed by atoms with E-state index < -0.39 is 28.8 Å². The van der Waals surface area contributed by atoms with Gasteiger partial charge in [-0.25, -0.2) is 0 Å². The molecule has 1 saturated heterocycles. The maximum absolute atomic E-state index is 13.2. The Morgan fingerprint density at radius 1 is 1.29 bits per heavy atom. The highest BCUT2D eigenvalue weighted by atomic mass is 16.5. The van der Waals surface area contributed by atoms with Crippen LogP contribution < -0.4 is 0 Å². The van der Waals surface area contributed by atoms with Crippen LogP contribution in [0.2, 0.25) is 0 Å². The number of ketones is 2. The largest absolute Gasteiger partial charge is 0.508 e. The summed E-state index contributed by atoms with van der Waals surface area (Å²) in [6.45, 7) is 1.66. The molecule has 1 aromatic rings. The van der Waals surface area contributed by atoms with Crippen LogP contribution in [0, 0.1) is 23.2 Å². The summed E-state index contributed by atoms with van der Waals surface area (Å²) in [5.41, 5.74) is -1.96. The number of phenolic OH excluding ortho intramolecular Hbond substituents is 2. The molecule has 4 bridgehead atoms. The van der Waals surface area contributed by atoms with Gasteiger partial charge in [0.05, 0.1) is 29.6 Å². The van der Waals surface area contributed by atoms with Gasteiger partial charge in [0.15, 0.2) is 5.78 Å². The zero-order valence-electron chi connectivity index (χ0n) is 13.2. The van der Waals surface area contributed by atoms with E-state index >= 15 is 0 Å².